The van der Waals surface area contributed by atoms with Crippen LogP contribution in [0, 0.1) is 5.92 Å². The molecule has 0 saturated carbocycles. The van der Waals surface area contributed by atoms with Gasteiger partial charge in [0.05, 0.1) is 15.2 Å². The van der Waals surface area contributed by atoms with Crippen molar-refractivity contribution in [3.8, 4) is 0 Å². The van der Waals surface area contributed by atoms with Crippen LogP contribution in [0.3, 0.4) is 0 Å². The smallest absolute Gasteiger partial charge is 0.247 e. The van der Waals surface area contributed by atoms with Crippen molar-refractivity contribution in [1.29, 1.82) is 0 Å². The van der Waals surface area contributed by atoms with E-state index >= 15 is 0 Å². The van der Waals surface area contributed by atoms with E-state index in [0.717, 1.165) is 47.8 Å². The number of hydrogen-bond donors (Lipinski definition) is 3. The molecular formula is C29H43ClN6O3S. The summed E-state index contributed by atoms with van der Waals surface area (Å²) in [6.07, 6.45) is 2.09. The molecule has 3 N–H and O–H groups in total. The first-order valence-electron chi connectivity index (χ1n) is 14.1. The van der Waals surface area contributed by atoms with Crippen LogP contribution in [0.4, 0.5) is 0 Å². The minimum atomic E-state index is -0.787. The third kappa shape index (κ3) is 9.54. The summed E-state index contributed by atoms with van der Waals surface area (Å²) >= 11 is 7.59. The topological polar surface area (TPSA) is 107 Å². The van der Waals surface area contributed by atoms with Crippen LogP contribution < -0.4 is 16.0 Å². The van der Waals surface area contributed by atoms with Gasteiger partial charge in [0, 0.05) is 68.7 Å². The number of carbonyl (C=O) groups excluding carboxylic acids is 3. The van der Waals surface area contributed by atoms with Crippen LogP contribution >= 0.6 is 22.9 Å². The molecule has 2 aromatic rings. The predicted octanol–water partition coefficient (Wildman–Crippen LogP) is 3.23. The van der Waals surface area contributed by atoms with Gasteiger partial charge in [0.2, 0.25) is 17.7 Å². The summed E-state index contributed by atoms with van der Waals surface area (Å²) in [5.41, 5.74) is 1.32. The zero-order valence-electron chi connectivity index (χ0n) is 24.1. The maximum absolute atomic E-state index is 13.5. The summed E-state index contributed by atoms with van der Waals surface area (Å²) in [6.45, 7) is 14.6. The molecule has 3 amide bonds. The number of benzene rings is 1. The zero-order chi connectivity index (χ0) is 29.2. The van der Waals surface area contributed by atoms with Crippen LogP contribution in [0.15, 0.2) is 30.4 Å². The molecular weight excluding hydrogens is 548 g/mol. The number of carbonyl (C=O) groups is 3. The van der Waals surface area contributed by atoms with E-state index in [1.807, 2.05) is 32.9 Å². The van der Waals surface area contributed by atoms with Crippen molar-refractivity contribution in [2.45, 2.75) is 58.5 Å². The normalized spacial score (nSPS) is 16.7. The number of rotatable bonds is 14. The molecule has 0 spiro atoms. The number of nitrogens with zero attached hydrogens (tertiary/aromatic N) is 3. The van der Waals surface area contributed by atoms with Crippen LogP contribution in [0.2, 0.25) is 5.02 Å². The minimum Gasteiger partial charge on any atom is -0.350 e. The summed E-state index contributed by atoms with van der Waals surface area (Å²) in [4.78, 5) is 48.1. The molecule has 2 heterocycles. The predicted molar refractivity (Wildman–Crippen MR) is 163 cm³/mol. The van der Waals surface area contributed by atoms with Gasteiger partial charge in [0.15, 0.2) is 0 Å². The number of fused-ring (bicyclic) bond motifs is 1. The van der Waals surface area contributed by atoms with Gasteiger partial charge in [-0.2, -0.15) is 0 Å². The fourth-order valence-corrected chi connectivity index (χ4v) is 5.84. The quantitative estimate of drug-likeness (QED) is 0.292. The maximum atomic E-state index is 13.5. The second kappa shape index (κ2) is 15.5. The summed E-state index contributed by atoms with van der Waals surface area (Å²) in [5.74, 6) is -0.577. The van der Waals surface area contributed by atoms with E-state index < -0.39 is 6.04 Å². The highest BCUT2D eigenvalue weighted by atomic mass is 35.5. The first-order valence-corrected chi connectivity index (χ1v) is 15.3. The number of piperazine rings is 1. The molecule has 1 fully saturated rings. The Morgan fingerprint density at radius 3 is 2.55 bits per heavy atom. The van der Waals surface area contributed by atoms with Crippen molar-refractivity contribution in [3.05, 3.63) is 40.4 Å². The van der Waals surface area contributed by atoms with Crippen LogP contribution in [0.5, 0.6) is 0 Å². The van der Waals surface area contributed by atoms with E-state index in [-0.39, 0.29) is 42.6 Å². The summed E-state index contributed by atoms with van der Waals surface area (Å²) in [7, 11) is 2.09. The van der Waals surface area contributed by atoms with E-state index in [2.05, 4.69) is 44.4 Å². The molecule has 0 aliphatic carbocycles. The van der Waals surface area contributed by atoms with Gasteiger partial charge in [-0.3, -0.25) is 19.3 Å². The van der Waals surface area contributed by atoms with Crippen molar-refractivity contribution in [2.75, 3.05) is 46.3 Å². The fourth-order valence-electron chi connectivity index (χ4n) is 4.55. The number of aromatic nitrogens is 1. The first kappa shape index (κ1) is 32.0. The Morgan fingerprint density at radius 1 is 1.15 bits per heavy atom. The summed E-state index contributed by atoms with van der Waals surface area (Å²) in [6, 6.07) is 4.39. The molecule has 220 valence electrons. The summed E-state index contributed by atoms with van der Waals surface area (Å²) < 4.78 is 0.929. The van der Waals surface area contributed by atoms with Crippen molar-refractivity contribution >= 4 is 50.9 Å². The van der Waals surface area contributed by atoms with E-state index in [1.54, 1.807) is 6.07 Å². The highest BCUT2D eigenvalue weighted by molar-refractivity contribution is 7.18. The molecule has 9 nitrogen and oxygen atoms in total. The average molecular weight is 591 g/mol. The molecule has 1 aromatic carbocycles. The maximum Gasteiger partial charge on any atom is 0.247 e. The number of nitrogens with one attached hydrogen (secondary N) is 3. The molecule has 0 unspecified atom stereocenters. The Labute approximate surface area is 246 Å². The number of likely N-dealkylation sites (N-methyl/N-ethyl adjacent to an activating group) is 1. The van der Waals surface area contributed by atoms with Crippen LogP contribution in [-0.4, -0.2) is 90.9 Å². The van der Waals surface area contributed by atoms with Gasteiger partial charge in [-0.15, -0.1) is 11.3 Å². The van der Waals surface area contributed by atoms with Crippen molar-refractivity contribution < 1.29 is 14.4 Å². The summed E-state index contributed by atoms with van der Waals surface area (Å²) in [5, 5.41) is 10.3. The van der Waals surface area contributed by atoms with Gasteiger partial charge in [-0.25, -0.2) is 4.98 Å². The van der Waals surface area contributed by atoms with Crippen LogP contribution in [0.25, 0.3) is 10.2 Å². The second-order valence-electron chi connectivity index (χ2n) is 10.7. The lowest BCUT2D eigenvalue weighted by atomic mass is 9.98. The van der Waals surface area contributed by atoms with Crippen molar-refractivity contribution in [3.63, 3.8) is 0 Å². The van der Waals surface area contributed by atoms with Crippen molar-refractivity contribution in [1.82, 2.24) is 30.7 Å². The third-order valence-corrected chi connectivity index (χ3v) is 8.65. The fraction of sp³-hybridized carbons (Fsp3) is 0.586. The minimum absolute atomic E-state index is 0.103. The van der Waals surface area contributed by atoms with E-state index in [9.17, 15) is 14.4 Å². The van der Waals surface area contributed by atoms with Gasteiger partial charge < -0.3 is 20.9 Å². The molecule has 1 aliphatic heterocycles. The molecule has 40 heavy (non-hydrogen) atoms. The van der Waals surface area contributed by atoms with E-state index in [1.165, 1.54) is 11.3 Å². The van der Waals surface area contributed by atoms with Crippen LogP contribution in [-0.2, 0) is 20.8 Å². The van der Waals surface area contributed by atoms with Gasteiger partial charge in [-0.1, -0.05) is 45.4 Å². The lowest BCUT2D eigenvalue weighted by Gasteiger charge is -2.32. The number of thiazole rings is 1. The number of hydrogen-bond acceptors (Lipinski definition) is 7. The molecule has 3 rings (SSSR count). The van der Waals surface area contributed by atoms with Gasteiger partial charge in [0.25, 0.3) is 0 Å². The average Bonchev–Trinajstić information content (AvgIpc) is 3.32. The Balaban J connectivity index is 1.65. The lowest BCUT2D eigenvalue weighted by Crippen LogP contribution is -2.55. The number of amides is 3. The molecule has 0 bridgehead atoms. The molecule has 1 saturated heterocycles. The standard InChI is InChI=1S/C29H43ClN6O3S/c1-6-8-26(37)32-23(16-27-33-22-10-9-21(30)15-25(22)40-27)29(39)34-24(19(3)7-2)17-31-28(38)20(4)18-36-13-11-35(5)12-14-36/h9-10,15,19,23-24H,4,6-8,11-14,16-18H2,1-3,5H3,(H,31,38)(H,32,37)(H,34,39)/t19-,23-,24+/m0/s1. The molecule has 11 heteroatoms. The van der Waals surface area contributed by atoms with Gasteiger partial charge in [-0.05, 0) is 37.6 Å². The Morgan fingerprint density at radius 2 is 1.88 bits per heavy atom. The largest absolute Gasteiger partial charge is 0.350 e. The Kier molecular flexibility index (Phi) is 12.4. The van der Waals surface area contributed by atoms with E-state index in [4.69, 9.17) is 11.6 Å². The van der Waals surface area contributed by atoms with Crippen molar-refractivity contribution in [2.24, 2.45) is 5.92 Å². The number of halogens is 1. The highest BCUT2D eigenvalue weighted by Gasteiger charge is 2.27. The highest BCUT2D eigenvalue weighted by Crippen LogP contribution is 2.26. The zero-order valence-corrected chi connectivity index (χ0v) is 25.7. The van der Waals surface area contributed by atoms with Gasteiger partial charge >= 0.3 is 0 Å². The molecule has 1 aliphatic rings. The Bertz CT molecular complexity index is 1180. The molecule has 3 atom stereocenters. The second-order valence-corrected chi connectivity index (χ2v) is 12.2. The van der Waals surface area contributed by atoms with Gasteiger partial charge in [0.1, 0.15) is 6.04 Å². The SMILES string of the molecule is C=C(CN1CCN(C)CC1)C(=O)NC[C@@H](NC(=O)[C@H](Cc1nc2ccc(Cl)cc2s1)NC(=O)CCC)[C@@H](C)CC. The lowest BCUT2D eigenvalue weighted by molar-refractivity contribution is -0.129. The van der Waals surface area contributed by atoms with E-state index in [0.29, 0.717) is 30.0 Å². The molecule has 0 radical (unpaired) electrons. The third-order valence-electron chi connectivity index (χ3n) is 7.37. The first-order chi connectivity index (χ1) is 19.1. The Hall–Kier alpha value is -2.53. The van der Waals surface area contributed by atoms with Crippen LogP contribution in [0.1, 0.15) is 45.0 Å². The molecule has 1 aromatic heterocycles. The monoisotopic (exact) mass is 590 g/mol.